The second kappa shape index (κ2) is 10.0. The zero-order valence-electron chi connectivity index (χ0n) is 17.0. The van der Waals surface area contributed by atoms with Gasteiger partial charge in [-0.15, -0.1) is 0 Å². The summed E-state index contributed by atoms with van der Waals surface area (Å²) in [5.41, 5.74) is 0.785. The molecule has 0 bridgehead atoms. The van der Waals surface area contributed by atoms with E-state index in [0.29, 0.717) is 21.5 Å². The molecule has 13 heteroatoms. The SMILES string of the molecule is O=C(O)CC(NC(=O)Cc1cn([C@@H]2O[C@H](CO)[C@@H](O)[C@H](O)[C@H]2O)c2ccc(Cl)cc12)C(=O)O. The number of carboxylic acid groups (broad SMARTS) is 2. The van der Waals surface area contributed by atoms with Crippen molar-refractivity contribution < 1.29 is 49.8 Å². The van der Waals surface area contributed by atoms with Gasteiger partial charge in [-0.2, -0.15) is 0 Å². The number of aliphatic carboxylic acids is 2. The van der Waals surface area contributed by atoms with E-state index >= 15 is 0 Å². The van der Waals surface area contributed by atoms with Crippen molar-refractivity contribution in [2.75, 3.05) is 6.61 Å². The molecule has 7 N–H and O–H groups in total. The fourth-order valence-electron chi connectivity index (χ4n) is 3.75. The minimum Gasteiger partial charge on any atom is -0.481 e. The summed E-state index contributed by atoms with van der Waals surface area (Å²) in [6.07, 6.45) is -6.88. The summed E-state index contributed by atoms with van der Waals surface area (Å²) in [5, 5.41) is 61.0. The molecule has 1 fully saturated rings. The number of hydrogen-bond acceptors (Lipinski definition) is 8. The van der Waals surface area contributed by atoms with E-state index in [9.17, 15) is 34.8 Å². The van der Waals surface area contributed by atoms with Crippen LogP contribution in [0.1, 0.15) is 18.2 Å². The van der Waals surface area contributed by atoms with Gasteiger partial charge in [0.1, 0.15) is 30.5 Å². The predicted octanol–water partition coefficient (Wildman–Crippen LogP) is -1.15. The standard InChI is InChI=1S/C20H23ClN2O10/c21-9-1-2-12-10(4-9)8(3-14(25)22-11(20(31)32)5-15(26)27)6-23(12)19-18(30)17(29)16(28)13(7-24)33-19/h1-2,4,6,11,13,16-19,24,28-30H,3,5,7H2,(H,22,25)(H,26,27)(H,31,32)/t11?,13-,16-,17+,18-,19-/m1/s1. The van der Waals surface area contributed by atoms with E-state index in [1.807, 2.05) is 0 Å². The Kier molecular flexibility index (Phi) is 7.57. The van der Waals surface area contributed by atoms with Crippen LogP contribution in [0, 0.1) is 0 Å². The number of aliphatic hydroxyl groups excluding tert-OH is 4. The molecule has 33 heavy (non-hydrogen) atoms. The molecule has 2 aromatic rings. The van der Waals surface area contributed by atoms with Crippen molar-refractivity contribution in [1.29, 1.82) is 0 Å². The number of hydrogen-bond donors (Lipinski definition) is 7. The number of carboxylic acids is 2. The number of carbonyl (C=O) groups is 3. The van der Waals surface area contributed by atoms with Crippen LogP contribution in [0.25, 0.3) is 10.9 Å². The van der Waals surface area contributed by atoms with Gasteiger partial charge in [0.2, 0.25) is 5.91 Å². The van der Waals surface area contributed by atoms with Gasteiger partial charge < -0.3 is 45.3 Å². The Labute approximate surface area is 191 Å². The molecule has 12 nitrogen and oxygen atoms in total. The number of aromatic nitrogens is 1. The third-order valence-corrected chi connectivity index (χ3v) is 5.62. The highest BCUT2D eigenvalue weighted by atomic mass is 35.5. The van der Waals surface area contributed by atoms with E-state index in [-0.39, 0.29) is 6.42 Å². The topological polar surface area (TPSA) is 199 Å². The van der Waals surface area contributed by atoms with Gasteiger partial charge in [-0.3, -0.25) is 9.59 Å². The molecular weight excluding hydrogens is 464 g/mol. The van der Waals surface area contributed by atoms with E-state index in [0.717, 1.165) is 0 Å². The van der Waals surface area contributed by atoms with Gasteiger partial charge >= 0.3 is 11.9 Å². The van der Waals surface area contributed by atoms with Gasteiger partial charge in [-0.25, -0.2) is 4.79 Å². The molecule has 1 amide bonds. The molecular formula is C20H23ClN2O10. The van der Waals surface area contributed by atoms with Crippen LogP contribution < -0.4 is 5.32 Å². The van der Waals surface area contributed by atoms with Crippen LogP contribution in [-0.2, 0) is 25.5 Å². The summed E-state index contributed by atoms with van der Waals surface area (Å²) in [5.74, 6) is -3.66. The highest BCUT2D eigenvalue weighted by molar-refractivity contribution is 6.31. The molecule has 0 saturated carbocycles. The molecule has 0 radical (unpaired) electrons. The number of benzene rings is 1. The molecule has 1 aromatic heterocycles. The van der Waals surface area contributed by atoms with Crippen molar-refractivity contribution >= 4 is 40.3 Å². The Bertz CT molecular complexity index is 1050. The van der Waals surface area contributed by atoms with Crippen LogP contribution in [0.15, 0.2) is 24.4 Å². The lowest BCUT2D eigenvalue weighted by Gasteiger charge is -2.40. The van der Waals surface area contributed by atoms with Gasteiger partial charge in [0.25, 0.3) is 0 Å². The van der Waals surface area contributed by atoms with E-state index in [4.69, 9.17) is 26.6 Å². The minimum absolute atomic E-state index is 0.324. The zero-order chi connectivity index (χ0) is 24.4. The number of amides is 1. The monoisotopic (exact) mass is 486 g/mol. The molecule has 1 aliphatic heterocycles. The van der Waals surface area contributed by atoms with Gasteiger partial charge in [0.15, 0.2) is 6.23 Å². The number of nitrogens with zero attached hydrogens (tertiary/aromatic N) is 1. The largest absolute Gasteiger partial charge is 0.481 e. The Morgan fingerprint density at radius 3 is 2.42 bits per heavy atom. The maximum atomic E-state index is 12.5. The van der Waals surface area contributed by atoms with Crippen LogP contribution in [-0.4, -0.2) is 90.1 Å². The lowest BCUT2D eigenvalue weighted by molar-refractivity contribution is -0.250. The maximum Gasteiger partial charge on any atom is 0.326 e. The summed E-state index contributed by atoms with van der Waals surface area (Å²) in [4.78, 5) is 34.6. The highest BCUT2D eigenvalue weighted by Gasteiger charge is 2.44. The summed E-state index contributed by atoms with van der Waals surface area (Å²) in [6.45, 7) is -0.623. The van der Waals surface area contributed by atoms with Gasteiger partial charge in [-0.05, 0) is 23.8 Å². The van der Waals surface area contributed by atoms with Crippen LogP contribution in [0.3, 0.4) is 0 Å². The first kappa shape index (κ1) is 24.9. The first-order valence-electron chi connectivity index (χ1n) is 9.87. The Morgan fingerprint density at radius 1 is 1.12 bits per heavy atom. The number of carbonyl (C=O) groups excluding carboxylic acids is 1. The summed E-state index contributed by atoms with van der Waals surface area (Å²) >= 11 is 6.08. The molecule has 0 aliphatic carbocycles. The van der Waals surface area contributed by atoms with Gasteiger partial charge in [0, 0.05) is 16.6 Å². The smallest absolute Gasteiger partial charge is 0.326 e. The van der Waals surface area contributed by atoms with E-state index in [1.54, 1.807) is 12.1 Å². The van der Waals surface area contributed by atoms with Crippen molar-refractivity contribution in [2.45, 2.75) is 49.5 Å². The van der Waals surface area contributed by atoms with E-state index in [2.05, 4.69) is 5.32 Å². The number of halogens is 1. The molecule has 6 atom stereocenters. The maximum absolute atomic E-state index is 12.5. The normalized spacial score (nSPS) is 26.2. The lowest BCUT2D eigenvalue weighted by Crippen LogP contribution is -2.56. The number of ether oxygens (including phenoxy) is 1. The quantitative estimate of drug-likeness (QED) is 0.239. The summed E-state index contributed by atoms with van der Waals surface area (Å²) in [7, 11) is 0. The Balaban J connectivity index is 1.94. The average Bonchev–Trinajstić information content (AvgIpc) is 3.08. The highest BCUT2D eigenvalue weighted by Crippen LogP contribution is 2.34. The van der Waals surface area contributed by atoms with Crippen molar-refractivity contribution in [3.63, 3.8) is 0 Å². The van der Waals surface area contributed by atoms with Gasteiger partial charge in [0.05, 0.1) is 25.0 Å². The zero-order valence-corrected chi connectivity index (χ0v) is 17.8. The number of fused-ring (bicyclic) bond motifs is 1. The van der Waals surface area contributed by atoms with Crippen molar-refractivity contribution in [1.82, 2.24) is 9.88 Å². The lowest BCUT2D eigenvalue weighted by atomic mass is 9.98. The average molecular weight is 487 g/mol. The van der Waals surface area contributed by atoms with Gasteiger partial charge in [-0.1, -0.05) is 11.6 Å². The van der Waals surface area contributed by atoms with Crippen molar-refractivity contribution in [3.05, 3.63) is 35.0 Å². The fraction of sp³-hybridized carbons (Fsp3) is 0.450. The molecule has 1 saturated heterocycles. The second-order valence-electron chi connectivity index (χ2n) is 7.68. The molecule has 1 aliphatic rings. The molecule has 2 heterocycles. The number of nitrogens with one attached hydrogen (secondary N) is 1. The Hall–Kier alpha value is -2.74. The predicted molar refractivity (Wildman–Crippen MR) is 111 cm³/mol. The van der Waals surface area contributed by atoms with Crippen molar-refractivity contribution in [3.8, 4) is 0 Å². The molecule has 1 aromatic carbocycles. The number of aliphatic hydroxyl groups is 4. The summed E-state index contributed by atoms with van der Waals surface area (Å²) < 4.78 is 6.99. The molecule has 0 spiro atoms. The van der Waals surface area contributed by atoms with Crippen LogP contribution in [0.4, 0.5) is 0 Å². The van der Waals surface area contributed by atoms with Crippen LogP contribution in [0.2, 0.25) is 5.02 Å². The van der Waals surface area contributed by atoms with E-state index in [1.165, 1.54) is 16.8 Å². The fourth-order valence-corrected chi connectivity index (χ4v) is 3.93. The second-order valence-corrected chi connectivity index (χ2v) is 8.11. The minimum atomic E-state index is -1.63. The van der Waals surface area contributed by atoms with E-state index < -0.39 is 67.6 Å². The summed E-state index contributed by atoms with van der Waals surface area (Å²) in [6, 6.07) is 3.02. The van der Waals surface area contributed by atoms with Crippen LogP contribution in [0.5, 0.6) is 0 Å². The van der Waals surface area contributed by atoms with Crippen LogP contribution >= 0.6 is 11.6 Å². The first-order chi connectivity index (χ1) is 15.5. The van der Waals surface area contributed by atoms with Crippen molar-refractivity contribution in [2.24, 2.45) is 0 Å². The third kappa shape index (κ3) is 5.27. The third-order valence-electron chi connectivity index (χ3n) is 5.38. The number of rotatable bonds is 8. The molecule has 1 unspecified atom stereocenters. The molecule has 180 valence electrons. The first-order valence-corrected chi connectivity index (χ1v) is 10.2. The molecule has 3 rings (SSSR count). The Morgan fingerprint density at radius 2 is 1.82 bits per heavy atom.